The van der Waals surface area contributed by atoms with Crippen LogP contribution in [0.15, 0.2) is 35.2 Å². The van der Waals surface area contributed by atoms with Crippen molar-refractivity contribution in [1.29, 1.82) is 0 Å². The Balaban J connectivity index is 2.00. The molecule has 0 saturated carbocycles. The van der Waals surface area contributed by atoms with Gasteiger partial charge in [0.2, 0.25) is 5.91 Å². The number of carbonyl (C=O) groups excluding carboxylic acids is 1. The maximum atomic E-state index is 12.2. The summed E-state index contributed by atoms with van der Waals surface area (Å²) in [4.78, 5) is 13.3. The molecule has 0 aliphatic heterocycles. The van der Waals surface area contributed by atoms with Gasteiger partial charge < -0.3 is 5.32 Å². The Morgan fingerprint density at radius 2 is 1.55 bits per heavy atom. The Labute approximate surface area is 137 Å². The average molecular weight is 313 g/mol. The Bertz CT molecular complexity index is 684. The van der Waals surface area contributed by atoms with Gasteiger partial charge in [0, 0.05) is 10.6 Å². The van der Waals surface area contributed by atoms with E-state index in [9.17, 15) is 4.79 Å². The number of aryl methyl sites for hydroxylation is 5. The summed E-state index contributed by atoms with van der Waals surface area (Å²) in [5.41, 5.74) is 6.92. The fourth-order valence-electron chi connectivity index (χ4n) is 2.51. The van der Waals surface area contributed by atoms with Gasteiger partial charge in [-0.1, -0.05) is 23.8 Å². The molecule has 0 spiro atoms. The van der Waals surface area contributed by atoms with Crippen LogP contribution in [0.2, 0.25) is 0 Å². The van der Waals surface area contributed by atoms with Crippen LogP contribution in [0.25, 0.3) is 0 Å². The lowest BCUT2D eigenvalue weighted by atomic mass is 10.1. The van der Waals surface area contributed by atoms with Gasteiger partial charge in [-0.3, -0.25) is 4.79 Å². The third-order valence-electron chi connectivity index (χ3n) is 3.79. The largest absolute Gasteiger partial charge is 0.325 e. The van der Waals surface area contributed by atoms with Crippen LogP contribution in [0.3, 0.4) is 0 Å². The molecule has 0 radical (unpaired) electrons. The van der Waals surface area contributed by atoms with Gasteiger partial charge in [-0.2, -0.15) is 0 Å². The maximum absolute atomic E-state index is 12.2. The average Bonchev–Trinajstić information content (AvgIpc) is 2.44. The highest BCUT2D eigenvalue weighted by Gasteiger charge is 2.09. The standard InChI is InChI=1S/C19H23NOS/c1-12-8-15(4)19(16(5)9-12)20-18(21)11-22-17-7-6-13(2)14(3)10-17/h6-10H,11H2,1-5H3,(H,20,21). The molecular formula is C19H23NOS. The van der Waals surface area contributed by atoms with Crippen molar-refractivity contribution in [3.05, 3.63) is 58.1 Å². The number of hydrogen-bond acceptors (Lipinski definition) is 2. The Morgan fingerprint density at radius 1 is 0.909 bits per heavy atom. The molecule has 1 amide bonds. The molecule has 1 N–H and O–H groups in total. The first-order chi connectivity index (χ1) is 10.4. The molecular weight excluding hydrogens is 290 g/mol. The van der Waals surface area contributed by atoms with E-state index in [1.54, 1.807) is 11.8 Å². The van der Waals surface area contributed by atoms with E-state index in [2.05, 4.69) is 56.4 Å². The summed E-state index contributed by atoms with van der Waals surface area (Å²) in [5, 5.41) is 3.04. The predicted molar refractivity (Wildman–Crippen MR) is 95.9 cm³/mol. The van der Waals surface area contributed by atoms with Crippen molar-refractivity contribution >= 4 is 23.4 Å². The SMILES string of the molecule is Cc1cc(C)c(NC(=O)CSc2ccc(C)c(C)c2)c(C)c1. The van der Waals surface area contributed by atoms with Crippen LogP contribution in [0.5, 0.6) is 0 Å². The molecule has 0 bridgehead atoms. The van der Waals surface area contributed by atoms with Crippen LogP contribution in [0.4, 0.5) is 5.69 Å². The minimum absolute atomic E-state index is 0.0401. The summed E-state index contributed by atoms with van der Waals surface area (Å²) in [6, 6.07) is 10.5. The van der Waals surface area contributed by atoms with Crippen molar-refractivity contribution in [2.45, 2.75) is 39.5 Å². The highest BCUT2D eigenvalue weighted by molar-refractivity contribution is 8.00. The first kappa shape index (κ1) is 16.6. The summed E-state index contributed by atoms with van der Waals surface area (Å²) >= 11 is 1.57. The molecule has 0 aliphatic rings. The van der Waals surface area contributed by atoms with E-state index in [0.29, 0.717) is 5.75 Å². The Kier molecular flexibility index (Phi) is 5.30. The van der Waals surface area contributed by atoms with Crippen LogP contribution in [-0.2, 0) is 4.79 Å². The lowest BCUT2D eigenvalue weighted by molar-refractivity contribution is -0.113. The topological polar surface area (TPSA) is 29.1 Å². The van der Waals surface area contributed by atoms with E-state index in [1.165, 1.54) is 16.7 Å². The molecule has 2 nitrogen and oxygen atoms in total. The molecule has 0 fully saturated rings. The van der Waals surface area contributed by atoms with Gasteiger partial charge in [0.25, 0.3) is 0 Å². The van der Waals surface area contributed by atoms with Gasteiger partial charge in [0.05, 0.1) is 5.75 Å². The molecule has 0 saturated heterocycles. The number of hydrogen-bond donors (Lipinski definition) is 1. The third kappa shape index (κ3) is 4.14. The predicted octanol–water partition coefficient (Wildman–Crippen LogP) is 4.96. The second kappa shape index (κ2) is 7.01. The summed E-state index contributed by atoms with van der Waals surface area (Å²) in [6.45, 7) is 10.3. The highest BCUT2D eigenvalue weighted by Crippen LogP contribution is 2.24. The normalized spacial score (nSPS) is 10.6. The van der Waals surface area contributed by atoms with E-state index in [1.807, 2.05) is 13.8 Å². The Hall–Kier alpha value is -1.74. The quantitative estimate of drug-likeness (QED) is 0.808. The van der Waals surface area contributed by atoms with Crippen LogP contribution in [-0.4, -0.2) is 11.7 Å². The highest BCUT2D eigenvalue weighted by atomic mass is 32.2. The van der Waals surface area contributed by atoms with Gasteiger partial charge in [-0.25, -0.2) is 0 Å². The second-order valence-electron chi connectivity index (χ2n) is 5.86. The zero-order chi connectivity index (χ0) is 16.3. The van der Waals surface area contributed by atoms with E-state index in [0.717, 1.165) is 21.7 Å². The van der Waals surface area contributed by atoms with Crippen LogP contribution < -0.4 is 5.32 Å². The first-order valence-electron chi connectivity index (χ1n) is 7.44. The summed E-state index contributed by atoms with van der Waals surface area (Å²) in [7, 11) is 0. The number of rotatable bonds is 4. The van der Waals surface area contributed by atoms with Crippen LogP contribution in [0.1, 0.15) is 27.8 Å². The van der Waals surface area contributed by atoms with Crippen molar-refractivity contribution in [2.75, 3.05) is 11.1 Å². The van der Waals surface area contributed by atoms with Crippen molar-refractivity contribution in [3.8, 4) is 0 Å². The number of amides is 1. The number of thioether (sulfide) groups is 1. The van der Waals surface area contributed by atoms with Crippen LogP contribution >= 0.6 is 11.8 Å². The molecule has 0 aliphatic carbocycles. The van der Waals surface area contributed by atoms with Crippen molar-refractivity contribution in [2.24, 2.45) is 0 Å². The molecule has 22 heavy (non-hydrogen) atoms. The monoisotopic (exact) mass is 313 g/mol. The van der Waals surface area contributed by atoms with E-state index >= 15 is 0 Å². The molecule has 2 rings (SSSR count). The van der Waals surface area contributed by atoms with Crippen molar-refractivity contribution in [1.82, 2.24) is 0 Å². The fraction of sp³-hybridized carbons (Fsp3) is 0.316. The number of carbonyl (C=O) groups is 1. The lowest BCUT2D eigenvalue weighted by Gasteiger charge is -2.13. The molecule has 0 atom stereocenters. The van der Waals surface area contributed by atoms with Gasteiger partial charge in [0.1, 0.15) is 0 Å². The smallest absolute Gasteiger partial charge is 0.234 e. The number of anilines is 1. The minimum atomic E-state index is 0.0401. The molecule has 0 unspecified atom stereocenters. The van der Waals surface area contributed by atoms with Crippen molar-refractivity contribution in [3.63, 3.8) is 0 Å². The van der Waals surface area contributed by atoms with Crippen molar-refractivity contribution < 1.29 is 4.79 Å². The van der Waals surface area contributed by atoms with Gasteiger partial charge in [-0.15, -0.1) is 11.8 Å². The van der Waals surface area contributed by atoms with E-state index < -0.39 is 0 Å². The second-order valence-corrected chi connectivity index (χ2v) is 6.91. The zero-order valence-corrected chi connectivity index (χ0v) is 14.7. The zero-order valence-electron chi connectivity index (χ0n) is 13.9. The van der Waals surface area contributed by atoms with Gasteiger partial charge >= 0.3 is 0 Å². The van der Waals surface area contributed by atoms with Gasteiger partial charge in [-0.05, 0) is 69.0 Å². The fourth-order valence-corrected chi connectivity index (χ4v) is 3.30. The molecule has 0 heterocycles. The van der Waals surface area contributed by atoms with Gasteiger partial charge in [0.15, 0.2) is 0 Å². The summed E-state index contributed by atoms with van der Waals surface area (Å²) < 4.78 is 0. The third-order valence-corrected chi connectivity index (χ3v) is 4.78. The van der Waals surface area contributed by atoms with Crippen LogP contribution in [0, 0.1) is 34.6 Å². The summed E-state index contributed by atoms with van der Waals surface area (Å²) in [6.07, 6.45) is 0. The maximum Gasteiger partial charge on any atom is 0.234 e. The molecule has 0 aromatic heterocycles. The van der Waals surface area contributed by atoms with E-state index in [4.69, 9.17) is 0 Å². The van der Waals surface area contributed by atoms with E-state index in [-0.39, 0.29) is 5.91 Å². The molecule has 2 aromatic rings. The molecule has 116 valence electrons. The lowest BCUT2D eigenvalue weighted by Crippen LogP contribution is -2.15. The minimum Gasteiger partial charge on any atom is -0.325 e. The molecule has 2 aromatic carbocycles. The Morgan fingerprint density at radius 3 is 2.14 bits per heavy atom. The first-order valence-corrected chi connectivity index (χ1v) is 8.43. The molecule has 3 heteroatoms. The summed E-state index contributed by atoms with van der Waals surface area (Å²) in [5.74, 6) is 0.466. The number of benzene rings is 2. The number of nitrogens with one attached hydrogen (secondary N) is 1.